The molecule has 0 saturated carbocycles. The van der Waals surface area contributed by atoms with Crippen molar-refractivity contribution in [1.29, 1.82) is 0 Å². The van der Waals surface area contributed by atoms with Crippen molar-refractivity contribution in [2.24, 2.45) is 0 Å². The van der Waals surface area contributed by atoms with Crippen LogP contribution in [-0.4, -0.2) is 47.6 Å². The highest BCUT2D eigenvalue weighted by molar-refractivity contribution is 7.85. The number of imidazole rings is 2. The molecule has 0 aliphatic carbocycles. The average molecular weight is 607 g/mol. The van der Waals surface area contributed by atoms with Crippen LogP contribution in [0.5, 0.6) is 0 Å². The van der Waals surface area contributed by atoms with E-state index in [1.54, 1.807) is 0 Å². The highest BCUT2D eigenvalue weighted by atomic mass is 32.2. The van der Waals surface area contributed by atoms with E-state index in [0.29, 0.717) is 12.5 Å². The van der Waals surface area contributed by atoms with Crippen molar-refractivity contribution in [1.82, 2.24) is 9.13 Å². The molecule has 2 rings (SSSR count). The van der Waals surface area contributed by atoms with Crippen molar-refractivity contribution in [3.8, 4) is 0 Å². The van der Waals surface area contributed by atoms with Gasteiger partial charge in [-0.1, -0.05) is 52.4 Å². The van der Waals surface area contributed by atoms with E-state index in [1.165, 1.54) is 103 Å². The molecule has 0 aliphatic rings. The standard InChI is InChI=1S/C26H48N4.2CH4O3S/c1-3-5-7-9-13-17-27-21-23-29(25-27)19-15-11-12-16-20-30-24-22-28(26-30)18-14-10-8-6-4-2;2*1-5(2,3)4/h21-26H,3-20H2,1-2H3;2*1H3,(H,2,3,4)/q+2;;/p-2. The fourth-order valence-electron chi connectivity index (χ4n) is 4.14. The van der Waals surface area contributed by atoms with Crippen LogP contribution < -0.4 is 9.13 Å². The number of hydrogen-bond acceptors (Lipinski definition) is 6. The summed E-state index contributed by atoms with van der Waals surface area (Å²) >= 11 is 0. The molecule has 2 aromatic heterocycles. The molecule has 2 aromatic rings. The van der Waals surface area contributed by atoms with E-state index in [4.69, 9.17) is 25.9 Å². The van der Waals surface area contributed by atoms with Crippen LogP contribution in [0.15, 0.2) is 37.4 Å². The Kier molecular flexibility index (Phi) is 21.9. The summed E-state index contributed by atoms with van der Waals surface area (Å²) in [6.45, 7) is 9.22. The molecule has 0 bridgehead atoms. The summed E-state index contributed by atoms with van der Waals surface area (Å²) in [5.41, 5.74) is 0. The normalized spacial score (nSPS) is 11.4. The number of hydrogen-bond donors (Lipinski definition) is 0. The van der Waals surface area contributed by atoms with Gasteiger partial charge in [0, 0.05) is 12.5 Å². The topological polar surface area (TPSA) is 132 Å². The van der Waals surface area contributed by atoms with Gasteiger partial charge in [-0.25, -0.2) is 35.1 Å². The highest BCUT2D eigenvalue weighted by Gasteiger charge is 2.05. The minimum atomic E-state index is -3.92. The van der Waals surface area contributed by atoms with Crippen LogP contribution in [0.3, 0.4) is 0 Å². The van der Waals surface area contributed by atoms with Gasteiger partial charge in [-0.3, -0.25) is 0 Å². The van der Waals surface area contributed by atoms with Crippen molar-refractivity contribution in [2.75, 3.05) is 12.5 Å². The maximum atomic E-state index is 9.08. The minimum absolute atomic E-state index is 0.604. The molecule has 0 saturated heterocycles. The van der Waals surface area contributed by atoms with Gasteiger partial charge in [0.25, 0.3) is 0 Å². The molecule has 0 radical (unpaired) electrons. The van der Waals surface area contributed by atoms with E-state index in [-0.39, 0.29) is 0 Å². The van der Waals surface area contributed by atoms with Crippen molar-refractivity contribution >= 4 is 20.2 Å². The SMILES string of the molecule is CCCCCCC[n+]1ccn(CCCCCCn2cc[n+](CCCCCCC)c2)c1.CS(=O)(=O)[O-].CS(=O)(=O)[O-]. The first kappa shape index (κ1) is 38.2. The molecular weight excluding hydrogens is 552 g/mol. The Morgan fingerprint density at radius 1 is 0.550 bits per heavy atom. The van der Waals surface area contributed by atoms with Crippen molar-refractivity contribution in [2.45, 2.75) is 130 Å². The predicted octanol–water partition coefficient (Wildman–Crippen LogP) is 4.39. The molecule has 0 fully saturated rings. The van der Waals surface area contributed by atoms with E-state index in [9.17, 15) is 0 Å². The monoisotopic (exact) mass is 606 g/mol. The summed E-state index contributed by atoms with van der Waals surface area (Å²) in [5, 5.41) is 0. The van der Waals surface area contributed by atoms with E-state index < -0.39 is 20.2 Å². The zero-order chi connectivity index (χ0) is 30.3. The maximum Gasteiger partial charge on any atom is 0.243 e. The number of aryl methyl sites for hydroxylation is 4. The lowest BCUT2D eigenvalue weighted by molar-refractivity contribution is -0.697. The summed E-state index contributed by atoms with van der Waals surface area (Å²) in [7, 11) is -7.83. The summed E-state index contributed by atoms with van der Waals surface area (Å²) in [6.07, 6.45) is 33.5. The lowest BCUT2D eigenvalue weighted by atomic mass is 10.1. The first-order valence-corrected chi connectivity index (χ1v) is 18.4. The Hall–Kier alpha value is -1.76. The second-order valence-electron chi connectivity index (χ2n) is 10.4. The molecule has 0 unspecified atom stereocenters. The van der Waals surface area contributed by atoms with Crippen LogP contribution >= 0.6 is 0 Å². The Morgan fingerprint density at radius 3 is 1.18 bits per heavy atom. The van der Waals surface area contributed by atoms with Gasteiger partial charge in [-0.15, -0.1) is 0 Å². The molecule has 12 heteroatoms. The maximum absolute atomic E-state index is 9.08. The minimum Gasteiger partial charge on any atom is -0.748 e. The van der Waals surface area contributed by atoms with Crippen molar-refractivity contribution < 1.29 is 35.1 Å². The fourth-order valence-corrected chi connectivity index (χ4v) is 4.14. The van der Waals surface area contributed by atoms with Crippen LogP contribution in [0.1, 0.15) is 104 Å². The molecule has 40 heavy (non-hydrogen) atoms. The largest absolute Gasteiger partial charge is 0.748 e. The third-order valence-electron chi connectivity index (χ3n) is 6.11. The zero-order valence-corrected chi connectivity index (χ0v) is 26.9. The molecule has 10 nitrogen and oxygen atoms in total. The predicted molar refractivity (Wildman–Crippen MR) is 156 cm³/mol. The Bertz CT molecular complexity index is 980. The van der Waals surface area contributed by atoms with Crippen LogP contribution in [0.25, 0.3) is 0 Å². The zero-order valence-electron chi connectivity index (χ0n) is 25.2. The smallest absolute Gasteiger partial charge is 0.243 e. The van der Waals surface area contributed by atoms with Crippen LogP contribution in [0, 0.1) is 0 Å². The molecule has 2 heterocycles. The van der Waals surface area contributed by atoms with Crippen molar-refractivity contribution in [3.05, 3.63) is 37.4 Å². The van der Waals surface area contributed by atoms with Gasteiger partial charge < -0.3 is 9.11 Å². The van der Waals surface area contributed by atoms with Gasteiger partial charge in [-0.2, -0.15) is 0 Å². The lowest BCUT2D eigenvalue weighted by Gasteiger charge is -2.00. The van der Waals surface area contributed by atoms with E-state index >= 15 is 0 Å². The summed E-state index contributed by atoms with van der Waals surface area (Å²) in [4.78, 5) is 0. The third kappa shape index (κ3) is 29.2. The Balaban J connectivity index is 0.00000130. The molecule has 0 aliphatic heterocycles. The van der Waals surface area contributed by atoms with Crippen molar-refractivity contribution in [3.63, 3.8) is 0 Å². The number of unbranched alkanes of at least 4 members (excludes halogenated alkanes) is 11. The van der Waals surface area contributed by atoms with Crippen LogP contribution in [0.2, 0.25) is 0 Å². The second kappa shape index (κ2) is 22.9. The fraction of sp³-hybridized carbons (Fsp3) is 0.786. The molecule has 0 aromatic carbocycles. The van der Waals surface area contributed by atoms with E-state index in [0.717, 1.165) is 13.1 Å². The molecule has 0 spiro atoms. The van der Waals surface area contributed by atoms with Gasteiger partial charge in [-0.05, 0) is 51.4 Å². The average Bonchev–Trinajstić information content (AvgIpc) is 3.48. The summed E-state index contributed by atoms with van der Waals surface area (Å²) in [5.74, 6) is 0. The first-order valence-electron chi connectivity index (χ1n) is 14.7. The Labute approximate surface area is 243 Å². The third-order valence-corrected chi connectivity index (χ3v) is 6.11. The Morgan fingerprint density at radius 2 is 0.850 bits per heavy atom. The molecule has 0 amide bonds. The van der Waals surface area contributed by atoms with Crippen LogP contribution in [0.4, 0.5) is 0 Å². The number of aromatic nitrogens is 4. The molecule has 0 atom stereocenters. The van der Waals surface area contributed by atoms with Gasteiger partial charge in [0.1, 0.15) is 24.8 Å². The number of rotatable bonds is 19. The quantitative estimate of drug-likeness (QED) is 0.132. The highest BCUT2D eigenvalue weighted by Crippen LogP contribution is 2.05. The molecule has 0 N–H and O–H groups in total. The van der Waals surface area contributed by atoms with Crippen LogP contribution in [-0.2, 0) is 46.4 Å². The molecule has 234 valence electrons. The first-order chi connectivity index (χ1) is 18.8. The second-order valence-corrected chi connectivity index (χ2v) is 13.2. The van der Waals surface area contributed by atoms with Gasteiger partial charge in [0.05, 0.1) is 46.4 Å². The van der Waals surface area contributed by atoms with Gasteiger partial charge in [0.2, 0.25) is 12.7 Å². The summed E-state index contributed by atoms with van der Waals surface area (Å²) in [6, 6.07) is 0. The van der Waals surface area contributed by atoms with E-state index in [2.05, 4.69) is 69.6 Å². The lowest BCUT2D eigenvalue weighted by Crippen LogP contribution is -2.30. The van der Waals surface area contributed by atoms with Gasteiger partial charge >= 0.3 is 0 Å². The molecular formula is C28H54N4O6S2. The van der Waals surface area contributed by atoms with E-state index in [1.807, 2.05) is 0 Å². The number of nitrogens with zero attached hydrogens (tertiary/aromatic N) is 4. The summed E-state index contributed by atoms with van der Waals surface area (Å²) < 4.78 is 63.9. The van der Waals surface area contributed by atoms with Gasteiger partial charge in [0.15, 0.2) is 0 Å².